The van der Waals surface area contributed by atoms with Gasteiger partial charge in [0.25, 0.3) is 0 Å². The van der Waals surface area contributed by atoms with Gasteiger partial charge >= 0.3 is 6.03 Å². The summed E-state index contributed by atoms with van der Waals surface area (Å²) in [6, 6.07) is 15.8. The topological polar surface area (TPSA) is 171 Å². The van der Waals surface area contributed by atoms with Crippen LogP contribution in [0.4, 0.5) is 16.2 Å². The fourth-order valence-electron chi connectivity index (χ4n) is 9.56. The van der Waals surface area contributed by atoms with Crippen molar-refractivity contribution in [2.24, 2.45) is 5.41 Å². The lowest BCUT2D eigenvalue weighted by Gasteiger charge is -2.36. The number of urea groups is 1. The van der Waals surface area contributed by atoms with Crippen LogP contribution in [0.2, 0.25) is 0 Å². The fourth-order valence-corrected chi connectivity index (χ4v) is 10.7. The van der Waals surface area contributed by atoms with E-state index in [1.807, 2.05) is 47.5 Å². The minimum atomic E-state index is -0.400. The van der Waals surface area contributed by atoms with Gasteiger partial charge in [-0.3, -0.25) is 24.8 Å². The van der Waals surface area contributed by atoms with E-state index in [0.717, 1.165) is 106 Å². The van der Waals surface area contributed by atoms with Crippen molar-refractivity contribution < 1.29 is 19.1 Å². The number of benzene rings is 1. The van der Waals surface area contributed by atoms with Gasteiger partial charge in [-0.25, -0.2) is 9.31 Å². The molecule has 2 saturated heterocycles. The molecule has 14 nitrogen and oxygen atoms in total. The van der Waals surface area contributed by atoms with Crippen molar-refractivity contribution in [3.05, 3.63) is 76.6 Å². The summed E-state index contributed by atoms with van der Waals surface area (Å²) in [5, 5.41) is 31.4. The summed E-state index contributed by atoms with van der Waals surface area (Å²) in [6.45, 7) is 2.97. The number of pyridine rings is 1. The number of hydrogen-bond donors (Lipinski definition) is 2. The summed E-state index contributed by atoms with van der Waals surface area (Å²) in [7, 11) is 0. The Kier molecular flexibility index (Phi) is 8.37. The van der Waals surface area contributed by atoms with E-state index in [1.54, 1.807) is 26.9 Å². The van der Waals surface area contributed by atoms with Crippen LogP contribution in [0.5, 0.6) is 0 Å². The molecule has 2 aliphatic carbocycles. The first-order valence-electron chi connectivity index (χ1n) is 19.4. The zero-order valence-electron chi connectivity index (χ0n) is 30.8. The minimum Gasteiger partial charge on any atom is -0.381 e. The van der Waals surface area contributed by atoms with Gasteiger partial charge in [-0.2, -0.15) is 10.4 Å². The highest BCUT2D eigenvalue weighted by Crippen LogP contribution is 2.63. The molecule has 3 aliphatic heterocycles. The van der Waals surface area contributed by atoms with E-state index in [1.165, 1.54) is 0 Å². The van der Waals surface area contributed by atoms with Crippen LogP contribution in [0, 0.1) is 16.7 Å². The number of fused-ring (bicyclic) bond motifs is 4. The number of nitriles is 1. The molecule has 2 N–H and O–H groups in total. The molecule has 4 amide bonds. The van der Waals surface area contributed by atoms with E-state index in [2.05, 4.69) is 27.9 Å². The number of carbonyl (C=O) groups is 3. The molecular formula is C41H40N10O4S. The molecule has 10 rings (SSSR count). The summed E-state index contributed by atoms with van der Waals surface area (Å²) in [6.07, 6.45) is 10.5. The van der Waals surface area contributed by atoms with Crippen molar-refractivity contribution in [2.75, 3.05) is 36.5 Å². The largest absolute Gasteiger partial charge is 0.381 e. The molecule has 0 spiro atoms. The summed E-state index contributed by atoms with van der Waals surface area (Å²) in [5.41, 5.74) is 7.18. The normalized spacial score (nSPS) is 23.6. The van der Waals surface area contributed by atoms with Crippen LogP contribution in [0.25, 0.3) is 27.5 Å². The molecule has 2 saturated carbocycles. The molecule has 5 aliphatic rings. The van der Waals surface area contributed by atoms with Gasteiger partial charge in [-0.1, -0.05) is 17.4 Å². The molecular weight excluding hydrogens is 729 g/mol. The van der Waals surface area contributed by atoms with Crippen LogP contribution in [0.3, 0.4) is 0 Å². The number of carbonyl (C=O) groups excluding carboxylic acids is 3. The van der Waals surface area contributed by atoms with E-state index in [0.29, 0.717) is 38.4 Å². The Hall–Kier alpha value is -5.72. The standard InChI is InChI=1S/C41H40N10O4S/c42-20-25-17-30-3-4-34(51(30)44-21-25)33-19-32(45-28-7-15-55-16-8-28)31(22-43-33)36-47-48-37(56-36)40-9-11-41(24-40,12-10-40)38(53)49-13-5-26-18-29(2-1-27(26)23-49)50-14-6-35(52)46-39(50)54/h1-4,17-19,21-22,28H,5-16,23-24H2,(H,43,45)(H,46,52,54). The zero-order valence-corrected chi connectivity index (χ0v) is 31.6. The van der Waals surface area contributed by atoms with Gasteiger partial charge in [-0.05, 0) is 98.9 Å². The second kappa shape index (κ2) is 13.5. The van der Waals surface area contributed by atoms with Crippen LogP contribution in [0.1, 0.15) is 73.1 Å². The maximum absolute atomic E-state index is 14.4. The monoisotopic (exact) mass is 768 g/mol. The third-order valence-corrected chi connectivity index (χ3v) is 13.8. The maximum Gasteiger partial charge on any atom is 0.328 e. The molecule has 15 heteroatoms. The maximum atomic E-state index is 14.4. The van der Waals surface area contributed by atoms with Gasteiger partial charge in [0.15, 0.2) is 5.01 Å². The predicted octanol–water partition coefficient (Wildman–Crippen LogP) is 5.61. The summed E-state index contributed by atoms with van der Waals surface area (Å²) >= 11 is 1.62. The number of nitrogens with one attached hydrogen (secondary N) is 2. The Bertz CT molecular complexity index is 2460. The molecule has 1 aromatic carbocycles. The lowest BCUT2D eigenvalue weighted by Crippen LogP contribution is -2.49. The van der Waals surface area contributed by atoms with E-state index in [-0.39, 0.29) is 35.7 Å². The molecule has 4 fully saturated rings. The number of hydrogen-bond acceptors (Lipinski definition) is 11. The summed E-state index contributed by atoms with van der Waals surface area (Å²) in [5.74, 6) is -0.00888. The molecule has 0 unspecified atom stereocenters. The second-order valence-corrected chi connectivity index (χ2v) is 16.9. The molecule has 2 bridgehead atoms. The van der Waals surface area contributed by atoms with Crippen LogP contribution in [0.15, 0.2) is 54.9 Å². The average molecular weight is 769 g/mol. The van der Waals surface area contributed by atoms with E-state index in [9.17, 15) is 19.6 Å². The van der Waals surface area contributed by atoms with Crippen molar-refractivity contribution in [1.82, 2.24) is 35.0 Å². The first-order chi connectivity index (χ1) is 27.3. The first-order valence-corrected chi connectivity index (χ1v) is 20.2. The fraction of sp³-hybridized carbons (Fsp3) is 0.415. The highest BCUT2D eigenvalue weighted by atomic mass is 32.1. The molecule has 4 aromatic heterocycles. The molecule has 5 aromatic rings. The quantitative estimate of drug-likeness (QED) is 0.212. The number of rotatable bonds is 7. The number of aromatic nitrogens is 5. The van der Waals surface area contributed by atoms with Crippen molar-refractivity contribution in [3.8, 4) is 28.0 Å². The van der Waals surface area contributed by atoms with Crippen molar-refractivity contribution in [1.29, 1.82) is 5.26 Å². The first kappa shape index (κ1) is 34.7. The van der Waals surface area contributed by atoms with Gasteiger partial charge in [0.2, 0.25) is 11.8 Å². The Morgan fingerprint density at radius 1 is 0.982 bits per heavy atom. The lowest BCUT2D eigenvalue weighted by atomic mass is 9.81. The average Bonchev–Trinajstić information content (AvgIpc) is 4.04. The predicted molar refractivity (Wildman–Crippen MR) is 208 cm³/mol. The van der Waals surface area contributed by atoms with E-state index >= 15 is 0 Å². The van der Waals surface area contributed by atoms with Crippen LogP contribution in [-0.2, 0) is 32.7 Å². The Labute approximate surface area is 326 Å². The van der Waals surface area contributed by atoms with Gasteiger partial charge in [0.05, 0.1) is 39.6 Å². The second-order valence-electron chi connectivity index (χ2n) is 15.9. The Morgan fingerprint density at radius 2 is 1.84 bits per heavy atom. The third-order valence-electron chi connectivity index (χ3n) is 12.6. The number of amides is 4. The van der Waals surface area contributed by atoms with Crippen molar-refractivity contribution >= 4 is 46.1 Å². The van der Waals surface area contributed by atoms with Crippen LogP contribution in [-0.4, -0.2) is 79.9 Å². The molecule has 0 radical (unpaired) electrons. The SMILES string of the molecule is N#Cc1cnn2c(-c3cc(NC4CCOCC4)c(-c4nnc(C56CCC(C(=O)N7CCc8cc(N9CCC(=O)NC9=O)ccc8C7)(CC5)C6)s4)cn3)ccc2c1. The Morgan fingerprint density at radius 3 is 2.66 bits per heavy atom. The van der Waals surface area contributed by atoms with E-state index in [4.69, 9.17) is 19.9 Å². The number of nitrogens with zero attached hydrogens (tertiary/aromatic N) is 8. The van der Waals surface area contributed by atoms with Gasteiger partial charge in [0.1, 0.15) is 11.1 Å². The zero-order chi connectivity index (χ0) is 38.0. The highest BCUT2D eigenvalue weighted by Gasteiger charge is 2.60. The lowest BCUT2D eigenvalue weighted by molar-refractivity contribution is -0.142. The molecule has 0 atom stereocenters. The smallest absolute Gasteiger partial charge is 0.328 e. The number of anilines is 2. The molecule has 7 heterocycles. The Balaban J connectivity index is 0.881. The summed E-state index contributed by atoms with van der Waals surface area (Å²) < 4.78 is 7.45. The van der Waals surface area contributed by atoms with Crippen molar-refractivity contribution in [3.63, 3.8) is 0 Å². The van der Waals surface area contributed by atoms with Gasteiger partial charge in [-0.15, -0.1) is 10.2 Å². The third kappa shape index (κ3) is 5.90. The number of imide groups is 1. The number of ether oxygens (including phenoxy) is 1. The minimum absolute atomic E-state index is 0.176. The van der Waals surface area contributed by atoms with E-state index < -0.39 is 5.41 Å². The molecule has 56 heavy (non-hydrogen) atoms. The molecule has 284 valence electrons. The van der Waals surface area contributed by atoms with Gasteiger partial charge < -0.3 is 15.0 Å². The van der Waals surface area contributed by atoms with Gasteiger partial charge in [0, 0.05) is 68.3 Å². The van der Waals surface area contributed by atoms with Crippen LogP contribution >= 0.6 is 11.3 Å². The van der Waals surface area contributed by atoms with Crippen molar-refractivity contribution in [2.45, 2.75) is 75.8 Å². The summed E-state index contributed by atoms with van der Waals surface area (Å²) in [4.78, 5) is 47.0. The van der Waals surface area contributed by atoms with Crippen LogP contribution < -0.4 is 15.5 Å². The highest BCUT2D eigenvalue weighted by molar-refractivity contribution is 7.14.